The summed E-state index contributed by atoms with van der Waals surface area (Å²) >= 11 is 0. The van der Waals surface area contributed by atoms with E-state index in [4.69, 9.17) is 4.52 Å². The highest BCUT2D eigenvalue weighted by molar-refractivity contribution is 5.29. The minimum Gasteiger partial charge on any atom is -0.388 e. The van der Waals surface area contributed by atoms with Crippen LogP contribution < -0.4 is 0 Å². The van der Waals surface area contributed by atoms with E-state index in [1.165, 1.54) is 12.1 Å². The summed E-state index contributed by atoms with van der Waals surface area (Å²) in [5, 5.41) is 14.0. The molecule has 2 heterocycles. The first kappa shape index (κ1) is 12.4. The Morgan fingerprint density at radius 3 is 3.11 bits per heavy atom. The Balaban J connectivity index is 1.80. The van der Waals surface area contributed by atoms with Gasteiger partial charge in [0.15, 0.2) is 5.82 Å². The molecule has 0 bridgehead atoms. The van der Waals surface area contributed by atoms with E-state index in [1.54, 1.807) is 0 Å². The van der Waals surface area contributed by atoms with Gasteiger partial charge in [-0.05, 0) is 24.3 Å². The monoisotopic (exact) mass is 261 g/mol. The molecule has 0 amide bonds. The average Bonchev–Trinajstić information content (AvgIpc) is 2.93. The van der Waals surface area contributed by atoms with Crippen molar-refractivity contribution in [3.63, 3.8) is 0 Å². The van der Waals surface area contributed by atoms with E-state index >= 15 is 0 Å². The van der Waals surface area contributed by atoms with Crippen molar-refractivity contribution in [3.8, 4) is 0 Å². The van der Waals surface area contributed by atoms with Crippen molar-refractivity contribution >= 4 is 0 Å². The molecule has 0 aliphatic heterocycles. The van der Waals surface area contributed by atoms with Gasteiger partial charge < -0.3 is 14.2 Å². The maximum absolute atomic E-state index is 10.2. The number of hydrogen-bond acceptors (Lipinski definition) is 4. The lowest BCUT2D eigenvalue weighted by atomic mass is 9.75. The van der Waals surface area contributed by atoms with Crippen LogP contribution >= 0.6 is 0 Å². The number of hydrogen-bond donors (Lipinski definition) is 1. The predicted molar refractivity (Wildman–Crippen MR) is 69.5 cm³/mol. The van der Waals surface area contributed by atoms with Crippen LogP contribution in [0, 0.1) is 5.41 Å². The number of fused-ring (bicyclic) bond motifs is 1. The number of nitrogens with zero attached hydrogens (tertiary/aromatic N) is 3. The largest absolute Gasteiger partial charge is 0.388 e. The molecule has 5 heteroatoms. The maximum Gasteiger partial charge on any atom is 0.213 e. The van der Waals surface area contributed by atoms with Gasteiger partial charge in [-0.3, -0.25) is 0 Å². The summed E-state index contributed by atoms with van der Waals surface area (Å²) in [5.41, 5.74) is 2.47. The van der Waals surface area contributed by atoms with Gasteiger partial charge in [-0.25, -0.2) is 0 Å². The molecule has 102 valence electrons. The lowest BCUT2D eigenvalue weighted by Gasteiger charge is -2.33. The Bertz CT molecular complexity index is 557. The van der Waals surface area contributed by atoms with Crippen molar-refractivity contribution in [2.24, 2.45) is 5.41 Å². The third kappa shape index (κ3) is 2.42. The molecule has 1 N–H and O–H groups in total. The van der Waals surface area contributed by atoms with E-state index in [-0.39, 0.29) is 11.5 Å². The standard InChI is InChI=1S/C14H19N3O2/c1-14(2)7-11-10(12(18)8-14)3-5-17(11)6-4-13-15-9-19-16-13/h3,5,9,12,18H,4,6-8H2,1-2H3. The number of aliphatic hydroxyl groups is 1. The highest BCUT2D eigenvalue weighted by atomic mass is 16.5. The van der Waals surface area contributed by atoms with Gasteiger partial charge >= 0.3 is 0 Å². The molecule has 5 nitrogen and oxygen atoms in total. The molecule has 0 saturated carbocycles. The van der Waals surface area contributed by atoms with E-state index in [9.17, 15) is 5.11 Å². The summed E-state index contributed by atoms with van der Waals surface area (Å²) in [5.74, 6) is 0.720. The zero-order valence-electron chi connectivity index (χ0n) is 11.3. The lowest BCUT2D eigenvalue weighted by molar-refractivity contribution is 0.0979. The Hall–Kier alpha value is -1.62. The van der Waals surface area contributed by atoms with Crippen molar-refractivity contribution in [2.75, 3.05) is 0 Å². The molecule has 0 aromatic carbocycles. The van der Waals surface area contributed by atoms with Crippen molar-refractivity contribution in [2.45, 2.75) is 45.8 Å². The summed E-state index contributed by atoms with van der Waals surface area (Å²) in [6.45, 7) is 5.23. The predicted octanol–water partition coefficient (Wildman–Crippen LogP) is 2.12. The van der Waals surface area contributed by atoms with Gasteiger partial charge in [0.2, 0.25) is 6.39 Å². The van der Waals surface area contributed by atoms with E-state index < -0.39 is 0 Å². The van der Waals surface area contributed by atoms with Crippen LogP contribution in [0.15, 0.2) is 23.2 Å². The summed E-state index contributed by atoms with van der Waals surface area (Å²) in [6, 6.07) is 2.03. The van der Waals surface area contributed by atoms with Crippen molar-refractivity contribution in [1.82, 2.24) is 14.7 Å². The fourth-order valence-electron chi connectivity index (χ4n) is 2.92. The van der Waals surface area contributed by atoms with E-state index in [1.807, 2.05) is 6.07 Å². The Labute approximate surface area is 112 Å². The molecule has 1 unspecified atom stereocenters. The molecule has 1 aliphatic carbocycles. The van der Waals surface area contributed by atoms with Gasteiger partial charge in [-0.1, -0.05) is 19.0 Å². The molecule has 0 fully saturated rings. The highest BCUT2D eigenvalue weighted by Gasteiger charge is 2.33. The van der Waals surface area contributed by atoms with E-state index in [0.717, 1.165) is 37.2 Å². The third-order valence-electron chi connectivity index (χ3n) is 3.85. The van der Waals surface area contributed by atoms with Gasteiger partial charge in [-0.15, -0.1) is 0 Å². The van der Waals surface area contributed by atoms with Gasteiger partial charge in [-0.2, -0.15) is 4.98 Å². The second-order valence-corrected chi connectivity index (χ2v) is 6.07. The van der Waals surface area contributed by atoms with Crippen LogP contribution in [0.3, 0.4) is 0 Å². The Morgan fingerprint density at radius 2 is 2.37 bits per heavy atom. The van der Waals surface area contributed by atoms with Crippen LogP contribution in [0.2, 0.25) is 0 Å². The number of aromatic nitrogens is 3. The molecule has 2 aromatic rings. The van der Waals surface area contributed by atoms with Gasteiger partial charge in [0, 0.05) is 30.4 Å². The smallest absolute Gasteiger partial charge is 0.213 e. The number of aliphatic hydroxyl groups excluding tert-OH is 1. The molecule has 1 atom stereocenters. The fraction of sp³-hybridized carbons (Fsp3) is 0.571. The minimum absolute atomic E-state index is 0.147. The zero-order valence-corrected chi connectivity index (χ0v) is 11.3. The Kier molecular flexibility index (Phi) is 2.93. The van der Waals surface area contributed by atoms with Crippen LogP contribution in [0.1, 0.15) is 43.5 Å². The third-order valence-corrected chi connectivity index (χ3v) is 3.85. The van der Waals surface area contributed by atoms with Crippen molar-refractivity contribution in [1.29, 1.82) is 0 Å². The minimum atomic E-state index is -0.342. The SMILES string of the molecule is CC1(C)Cc2c(ccn2CCc2ncon2)C(O)C1. The molecule has 19 heavy (non-hydrogen) atoms. The van der Waals surface area contributed by atoms with Crippen molar-refractivity contribution < 1.29 is 9.63 Å². The zero-order chi connectivity index (χ0) is 13.5. The van der Waals surface area contributed by atoms with Crippen LogP contribution in [-0.4, -0.2) is 19.8 Å². The molecule has 3 rings (SSSR count). The van der Waals surface area contributed by atoms with Gasteiger partial charge in [0.1, 0.15) is 0 Å². The summed E-state index contributed by atoms with van der Waals surface area (Å²) in [6.07, 6.45) is 5.63. The first-order valence-corrected chi connectivity index (χ1v) is 6.66. The first-order valence-electron chi connectivity index (χ1n) is 6.66. The molecular formula is C14H19N3O2. The van der Waals surface area contributed by atoms with Crippen LogP contribution in [0.5, 0.6) is 0 Å². The first-order chi connectivity index (χ1) is 9.05. The topological polar surface area (TPSA) is 64.1 Å². The second-order valence-electron chi connectivity index (χ2n) is 6.07. The van der Waals surface area contributed by atoms with Gasteiger partial charge in [0.05, 0.1) is 6.10 Å². The quantitative estimate of drug-likeness (QED) is 0.919. The summed E-state index contributed by atoms with van der Waals surface area (Å²) in [7, 11) is 0. The number of aryl methyl sites for hydroxylation is 2. The van der Waals surface area contributed by atoms with Gasteiger partial charge in [0.25, 0.3) is 0 Å². The highest BCUT2D eigenvalue weighted by Crippen LogP contribution is 2.41. The lowest BCUT2D eigenvalue weighted by Crippen LogP contribution is -2.27. The summed E-state index contributed by atoms with van der Waals surface area (Å²) < 4.78 is 6.94. The molecular weight excluding hydrogens is 242 g/mol. The average molecular weight is 261 g/mol. The summed E-state index contributed by atoms with van der Waals surface area (Å²) in [4.78, 5) is 4.03. The normalized spacial score (nSPS) is 21.3. The number of rotatable bonds is 3. The molecule has 2 aromatic heterocycles. The molecule has 1 aliphatic rings. The maximum atomic E-state index is 10.2. The second kappa shape index (κ2) is 4.49. The Morgan fingerprint density at radius 1 is 1.53 bits per heavy atom. The van der Waals surface area contributed by atoms with E-state index in [2.05, 4.69) is 34.8 Å². The van der Waals surface area contributed by atoms with Crippen LogP contribution in [0.4, 0.5) is 0 Å². The fourth-order valence-corrected chi connectivity index (χ4v) is 2.92. The molecule has 0 spiro atoms. The van der Waals surface area contributed by atoms with Crippen LogP contribution in [0.25, 0.3) is 0 Å². The molecule has 0 radical (unpaired) electrons. The van der Waals surface area contributed by atoms with Crippen molar-refractivity contribution in [3.05, 3.63) is 35.7 Å². The van der Waals surface area contributed by atoms with E-state index in [0.29, 0.717) is 0 Å². The van der Waals surface area contributed by atoms with Crippen LogP contribution in [-0.2, 0) is 19.4 Å². The molecule has 0 saturated heterocycles.